The average Bonchev–Trinajstić information content (AvgIpc) is 2.49. The van der Waals surface area contributed by atoms with Crippen LogP contribution in [0, 0.1) is 6.92 Å². The van der Waals surface area contributed by atoms with Gasteiger partial charge in [-0.2, -0.15) is 0 Å². The number of rotatable bonds is 2. The van der Waals surface area contributed by atoms with Gasteiger partial charge in [-0.15, -0.1) is 0 Å². The van der Waals surface area contributed by atoms with Crippen molar-refractivity contribution in [1.82, 2.24) is 4.98 Å². The van der Waals surface area contributed by atoms with Gasteiger partial charge in [0.15, 0.2) is 0 Å². The van der Waals surface area contributed by atoms with Crippen molar-refractivity contribution in [3.8, 4) is 22.3 Å². The molecule has 1 heteroatoms. The van der Waals surface area contributed by atoms with Gasteiger partial charge >= 0.3 is 0 Å². The molecule has 0 unspecified atom stereocenters. The Morgan fingerprint density at radius 2 is 1.26 bits per heavy atom. The summed E-state index contributed by atoms with van der Waals surface area (Å²) in [6.07, 6.45) is 1.83. The fraction of sp³-hybridized carbons (Fsp3) is 0.0556. The van der Waals surface area contributed by atoms with Crippen LogP contribution < -0.4 is 0 Å². The molecule has 3 rings (SSSR count). The number of hydrogen-bond acceptors (Lipinski definition) is 1. The standard InChI is InChI=1S/C18H15N/c1-14-18(8-5-13-19-14)17-11-9-16(10-12-17)15-6-3-2-4-7-15/h2-13H,1H3. The molecule has 92 valence electrons. The van der Waals surface area contributed by atoms with Crippen LogP contribution in [0.1, 0.15) is 5.69 Å². The third-order valence-corrected chi connectivity index (χ3v) is 3.31. The lowest BCUT2D eigenvalue weighted by atomic mass is 10.00. The van der Waals surface area contributed by atoms with Gasteiger partial charge in [-0.1, -0.05) is 60.7 Å². The first-order valence-corrected chi connectivity index (χ1v) is 6.42. The molecule has 0 radical (unpaired) electrons. The zero-order valence-electron chi connectivity index (χ0n) is 10.9. The van der Waals surface area contributed by atoms with Gasteiger partial charge in [0.25, 0.3) is 0 Å². The normalized spacial score (nSPS) is 10.4. The lowest BCUT2D eigenvalue weighted by molar-refractivity contribution is 1.20. The van der Waals surface area contributed by atoms with E-state index in [2.05, 4.69) is 59.6 Å². The molecule has 0 N–H and O–H groups in total. The second-order valence-corrected chi connectivity index (χ2v) is 4.58. The van der Waals surface area contributed by atoms with Gasteiger partial charge < -0.3 is 0 Å². The van der Waals surface area contributed by atoms with E-state index in [0.717, 1.165) is 5.69 Å². The highest BCUT2D eigenvalue weighted by Crippen LogP contribution is 2.25. The lowest BCUT2D eigenvalue weighted by Gasteiger charge is -2.06. The summed E-state index contributed by atoms with van der Waals surface area (Å²) in [4.78, 5) is 4.34. The molecule has 0 atom stereocenters. The highest BCUT2D eigenvalue weighted by molar-refractivity contribution is 5.71. The number of aromatic nitrogens is 1. The largest absolute Gasteiger partial charge is 0.261 e. The maximum absolute atomic E-state index is 4.34. The van der Waals surface area contributed by atoms with Crippen LogP contribution in [-0.2, 0) is 0 Å². The summed E-state index contributed by atoms with van der Waals surface area (Å²) >= 11 is 0. The van der Waals surface area contributed by atoms with Crippen LogP contribution in [0.25, 0.3) is 22.3 Å². The summed E-state index contributed by atoms with van der Waals surface area (Å²) in [5, 5.41) is 0. The van der Waals surface area contributed by atoms with Crippen LogP contribution in [0.15, 0.2) is 72.9 Å². The van der Waals surface area contributed by atoms with Crippen molar-refractivity contribution in [3.05, 3.63) is 78.6 Å². The minimum atomic E-state index is 1.06. The molecule has 0 amide bonds. The fourth-order valence-corrected chi connectivity index (χ4v) is 2.26. The molecule has 1 nitrogen and oxygen atoms in total. The van der Waals surface area contributed by atoms with E-state index in [1.165, 1.54) is 22.3 Å². The van der Waals surface area contributed by atoms with Gasteiger partial charge in [0, 0.05) is 17.5 Å². The highest BCUT2D eigenvalue weighted by Gasteiger charge is 2.02. The Morgan fingerprint density at radius 3 is 1.95 bits per heavy atom. The fourth-order valence-electron chi connectivity index (χ4n) is 2.26. The minimum absolute atomic E-state index is 1.06. The number of benzene rings is 2. The SMILES string of the molecule is Cc1ncccc1-c1ccc(-c2ccccc2)cc1. The van der Waals surface area contributed by atoms with E-state index in [-0.39, 0.29) is 0 Å². The van der Waals surface area contributed by atoms with Gasteiger partial charge in [0.2, 0.25) is 0 Å². The first-order chi connectivity index (χ1) is 9.34. The third kappa shape index (κ3) is 2.41. The van der Waals surface area contributed by atoms with E-state index in [9.17, 15) is 0 Å². The Labute approximate surface area is 113 Å². The highest BCUT2D eigenvalue weighted by atomic mass is 14.7. The van der Waals surface area contributed by atoms with E-state index in [4.69, 9.17) is 0 Å². The minimum Gasteiger partial charge on any atom is -0.261 e. The summed E-state index contributed by atoms with van der Waals surface area (Å²) < 4.78 is 0. The zero-order valence-corrected chi connectivity index (χ0v) is 10.9. The number of nitrogens with zero attached hydrogens (tertiary/aromatic N) is 1. The van der Waals surface area contributed by atoms with Crippen LogP contribution in [0.5, 0.6) is 0 Å². The lowest BCUT2D eigenvalue weighted by Crippen LogP contribution is -1.86. The van der Waals surface area contributed by atoms with E-state index in [1.807, 2.05) is 25.3 Å². The van der Waals surface area contributed by atoms with E-state index in [1.54, 1.807) is 0 Å². The molecule has 1 aromatic heterocycles. The van der Waals surface area contributed by atoms with Gasteiger partial charge in [0.1, 0.15) is 0 Å². The summed E-state index contributed by atoms with van der Waals surface area (Å²) in [6.45, 7) is 2.04. The van der Waals surface area contributed by atoms with Crippen molar-refractivity contribution in [3.63, 3.8) is 0 Å². The summed E-state index contributed by atoms with van der Waals surface area (Å²) in [6, 6.07) is 23.2. The number of pyridine rings is 1. The molecule has 0 spiro atoms. The number of aryl methyl sites for hydroxylation is 1. The predicted molar refractivity (Wildman–Crippen MR) is 79.8 cm³/mol. The van der Waals surface area contributed by atoms with Crippen molar-refractivity contribution in [2.45, 2.75) is 6.92 Å². The molecule has 1 heterocycles. The summed E-state index contributed by atoms with van der Waals surface area (Å²) in [5.74, 6) is 0. The third-order valence-electron chi connectivity index (χ3n) is 3.31. The predicted octanol–water partition coefficient (Wildman–Crippen LogP) is 4.72. The molecular weight excluding hydrogens is 230 g/mol. The molecule has 3 aromatic rings. The Hall–Kier alpha value is -2.41. The van der Waals surface area contributed by atoms with Gasteiger partial charge in [-0.3, -0.25) is 4.98 Å². The first-order valence-electron chi connectivity index (χ1n) is 6.42. The second kappa shape index (κ2) is 5.07. The van der Waals surface area contributed by atoms with E-state index >= 15 is 0 Å². The molecule has 2 aromatic carbocycles. The van der Waals surface area contributed by atoms with E-state index in [0.29, 0.717) is 0 Å². The molecule has 0 fully saturated rings. The van der Waals surface area contributed by atoms with Crippen LogP contribution >= 0.6 is 0 Å². The molecule has 19 heavy (non-hydrogen) atoms. The zero-order chi connectivity index (χ0) is 13.1. The van der Waals surface area contributed by atoms with Crippen molar-refractivity contribution < 1.29 is 0 Å². The van der Waals surface area contributed by atoms with Crippen molar-refractivity contribution in [2.75, 3.05) is 0 Å². The van der Waals surface area contributed by atoms with Crippen molar-refractivity contribution in [2.24, 2.45) is 0 Å². The topological polar surface area (TPSA) is 12.9 Å². The molecule has 0 saturated heterocycles. The Balaban J connectivity index is 1.98. The maximum atomic E-state index is 4.34. The van der Waals surface area contributed by atoms with Crippen LogP contribution in [0.4, 0.5) is 0 Å². The first kappa shape index (κ1) is 11.7. The molecule has 0 bridgehead atoms. The summed E-state index contributed by atoms with van der Waals surface area (Å²) in [7, 11) is 0. The molecule has 0 saturated carbocycles. The monoisotopic (exact) mass is 245 g/mol. The number of hydrogen-bond donors (Lipinski definition) is 0. The molecule has 0 aliphatic rings. The van der Waals surface area contributed by atoms with Gasteiger partial charge in [0.05, 0.1) is 0 Å². The van der Waals surface area contributed by atoms with Crippen LogP contribution in [0.2, 0.25) is 0 Å². The van der Waals surface area contributed by atoms with Crippen LogP contribution in [0.3, 0.4) is 0 Å². The molecule has 0 aliphatic heterocycles. The van der Waals surface area contributed by atoms with E-state index < -0.39 is 0 Å². The smallest absolute Gasteiger partial charge is 0.0450 e. The molecular formula is C18H15N. The Kier molecular flexibility index (Phi) is 3.11. The van der Waals surface area contributed by atoms with Gasteiger partial charge in [-0.05, 0) is 29.7 Å². The summed E-state index contributed by atoms with van der Waals surface area (Å²) in [5.41, 5.74) is 5.96. The Morgan fingerprint density at radius 1 is 0.632 bits per heavy atom. The van der Waals surface area contributed by atoms with Crippen molar-refractivity contribution >= 4 is 0 Å². The van der Waals surface area contributed by atoms with Crippen LogP contribution in [-0.4, -0.2) is 4.98 Å². The quantitative estimate of drug-likeness (QED) is 0.636. The average molecular weight is 245 g/mol. The van der Waals surface area contributed by atoms with Gasteiger partial charge in [-0.25, -0.2) is 0 Å². The Bertz CT molecular complexity index is 670. The maximum Gasteiger partial charge on any atom is 0.0450 e. The molecule has 0 aliphatic carbocycles. The van der Waals surface area contributed by atoms with Crippen molar-refractivity contribution in [1.29, 1.82) is 0 Å². The second-order valence-electron chi connectivity index (χ2n) is 4.58.